The summed E-state index contributed by atoms with van der Waals surface area (Å²) in [4.78, 5) is 20.9. The van der Waals surface area contributed by atoms with Gasteiger partial charge in [-0.1, -0.05) is 22.0 Å². The smallest absolute Gasteiger partial charge is 0.258 e. The van der Waals surface area contributed by atoms with Gasteiger partial charge in [-0.2, -0.15) is 0 Å². The summed E-state index contributed by atoms with van der Waals surface area (Å²) in [5, 5.41) is 2.56. The van der Waals surface area contributed by atoms with E-state index in [4.69, 9.17) is 10.5 Å². The number of nitrogens with one attached hydrogen (secondary N) is 1. The average molecular weight is 502 g/mol. The van der Waals surface area contributed by atoms with Crippen LogP contribution >= 0.6 is 15.9 Å². The van der Waals surface area contributed by atoms with Crippen molar-refractivity contribution in [2.45, 2.75) is 25.8 Å². The van der Waals surface area contributed by atoms with E-state index in [-0.39, 0.29) is 11.5 Å². The Bertz CT molecular complexity index is 1090. The molecule has 1 heterocycles. The van der Waals surface area contributed by atoms with Crippen LogP contribution in [0.1, 0.15) is 27.9 Å². The van der Waals surface area contributed by atoms with E-state index >= 15 is 0 Å². The maximum atomic E-state index is 14.6. The summed E-state index contributed by atoms with van der Waals surface area (Å²) < 4.78 is 22.8. The largest absolute Gasteiger partial charge is 0.496 e. The third-order valence-electron chi connectivity index (χ3n) is 4.91. The standard InChI is InChI=1S/C23H25BrFN5O2/c1-32-21-9-7-17(24)14-16(21)6-8-18-19(4-2-5-20(18)25)22(31)29-23(26)28-10-3-12-30-13-11-27-15-30/h2,4-5,7,9,11,13-15H,3,6,8,10,12H2,1H3,(H3,26,28,29,31). The second-order valence-corrected chi connectivity index (χ2v) is 8.01. The topological polar surface area (TPSA) is 94.5 Å². The van der Waals surface area contributed by atoms with E-state index in [1.165, 1.54) is 12.1 Å². The van der Waals surface area contributed by atoms with Gasteiger partial charge in [0.15, 0.2) is 5.96 Å². The summed E-state index contributed by atoms with van der Waals surface area (Å²) in [6.45, 7) is 1.20. The monoisotopic (exact) mass is 501 g/mol. The number of ether oxygens (including phenoxy) is 1. The van der Waals surface area contributed by atoms with Crippen LogP contribution in [0.2, 0.25) is 0 Å². The number of hydrogen-bond donors (Lipinski definition) is 2. The third-order valence-corrected chi connectivity index (χ3v) is 5.40. The van der Waals surface area contributed by atoms with Gasteiger partial charge in [0.1, 0.15) is 11.6 Å². The summed E-state index contributed by atoms with van der Waals surface area (Å²) >= 11 is 3.44. The highest BCUT2D eigenvalue weighted by atomic mass is 79.9. The number of aliphatic imine (C=N–C) groups is 1. The molecule has 9 heteroatoms. The highest BCUT2D eigenvalue weighted by Gasteiger charge is 2.17. The molecule has 0 atom stereocenters. The SMILES string of the molecule is COc1ccc(Br)cc1CCc1c(F)cccc1C(=O)NC(N)=NCCCn1ccnc1. The van der Waals surface area contributed by atoms with Crippen LogP contribution in [0.15, 0.2) is 64.6 Å². The molecule has 0 saturated heterocycles. The molecule has 3 aromatic rings. The fourth-order valence-corrected chi connectivity index (χ4v) is 3.73. The summed E-state index contributed by atoms with van der Waals surface area (Å²) in [6.07, 6.45) is 6.87. The minimum absolute atomic E-state index is 0.00417. The minimum Gasteiger partial charge on any atom is -0.496 e. The zero-order valence-electron chi connectivity index (χ0n) is 17.7. The molecule has 0 aliphatic heterocycles. The lowest BCUT2D eigenvalue weighted by Gasteiger charge is -2.13. The quantitative estimate of drug-likeness (QED) is 0.265. The van der Waals surface area contributed by atoms with E-state index in [1.54, 1.807) is 25.7 Å². The number of nitrogens with zero attached hydrogens (tertiary/aromatic N) is 3. The van der Waals surface area contributed by atoms with Crippen molar-refractivity contribution < 1.29 is 13.9 Å². The number of halogens is 2. The van der Waals surface area contributed by atoms with Crippen molar-refractivity contribution >= 4 is 27.8 Å². The molecule has 32 heavy (non-hydrogen) atoms. The lowest BCUT2D eigenvalue weighted by Crippen LogP contribution is -2.37. The number of aryl methyl sites for hydroxylation is 2. The number of amides is 1. The Labute approximate surface area is 194 Å². The maximum absolute atomic E-state index is 14.6. The van der Waals surface area contributed by atoms with Crippen LogP contribution in [0.25, 0.3) is 0 Å². The van der Waals surface area contributed by atoms with E-state index in [9.17, 15) is 9.18 Å². The average Bonchev–Trinajstić information content (AvgIpc) is 3.29. The van der Waals surface area contributed by atoms with Crippen molar-refractivity contribution in [3.8, 4) is 5.75 Å². The summed E-state index contributed by atoms with van der Waals surface area (Å²) in [5.74, 6) is -0.217. The Kier molecular flexibility index (Phi) is 8.38. The zero-order chi connectivity index (χ0) is 22.9. The van der Waals surface area contributed by atoms with Gasteiger partial charge in [-0.3, -0.25) is 15.1 Å². The van der Waals surface area contributed by atoms with E-state index in [0.29, 0.717) is 30.7 Å². The first kappa shape index (κ1) is 23.5. The number of nitrogens with two attached hydrogens (primary N) is 1. The molecular formula is C23H25BrFN5O2. The van der Waals surface area contributed by atoms with Crippen LogP contribution < -0.4 is 15.8 Å². The van der Waals surface area contributed by atoms with Crippen molar-refractivity contribution in [2.75, 3.05) is 13.7 Å². The molecule has 0 unspecified atom stereocenters. The molecule has 0 radical (unpaired) electrons. The van der Waals surface area contributed by atoms with Crippen LogP contribution in [-0.2, 0) is 19.4 Å². The van der Waals surface area contributed by atoms with E-state index in [2.05, 4.69) is 31.2 Å². The van der Waals surface area contributed by atoms with Crippen molar-refractivity contribution in [3.63, 3.8) is 0 Å². The lowest BCUT2D eigenvalue weighted by molar-refractivity contribution is 0.0975. The Balaban J connectivity index is 1.64. The Hall–Kier alpha value is -3.20. The molecule has 0 aliphatic rings. The van der Waals surface area contributed by atoms with Gasteiger partial charge in [-0.25, -0.2) is 9.37 Å². The molecular weight excluding hydrogens is 477 g/mol. The lowest BCUT2D eigenvalue weighted by atomic mass is 9.98. The molecule has 7 nitrogen and oxygen atoms in total. The number of imidazole rings is 1. The molecule has 3 rings (SSSR count). The Morgan fingerprint density at radius 2 is 2.16 bits per heavy atom. The number of hydrogen-bond acceptors (Lipinski definition) is 4. The maximum Gasteiger partial charge on any atom is 0.258 e. The van der Waals surface area contributed by atoms with E-state index in [0.717, 1.165) is 23.0 Å². The van der Waals surface area contributed by atoms with Gasteiger partial charge in [0.05, 0.1) is 13.4 Å². The van der Waals surface area contributed by atoms with E-state index in [1.807, 2.05) is 29.0 Å². The third kappa shape index (κ3) is 6.40. The predicted octanol–water partition coefficient (Wildman–Crippen LogP) is 3.71. The predicted molar refractivity (Wildman–Crippen MR) is 125 cm³/mol. The van der Waals surface area contributed by atoms with Crippen molar-refractivity contribution in [3.05, 3.63) is 82.1 Å². The molecule has 0 fully saturated rings. The summed E-state index contributed by atoms with van der Waals surface area (Å²) in [5.41, 5.74) is 7.33. The highest BCUT2D eigenvalue weighted by molar-refractivity contribution is 9.10. The van der Waals surface area contributed by atoms with Crippen molar-refractivity contribution in [2.24, 2.45) is 10.7 Å². The number of carbonyl (C=O) groups excluding carboxylic acids is 1. The van der Waals surface area contributed by atoms with Crippen molar-refractivity contribution in [1.82, 2.24) is 14.9 Å². The molecule has 2 aromatic carbocycles. The second-order valence-electron chi connectivity index (χ2n) is 7.10. The Morgan fingerprint density at radius 3 is 2.91 bits per heavy atom. The molecule has 0 spiro atoms. The molecule has 1 amide bonds. The van der Waals surface area contributed by atoms with Crippen molar-refractivity contribution in [1.29, 1.82) is 0 Å². The van der Waals surface area contributed by atoms with E-state index < -0.39 is 11.7 Å². The minimum atomic E-state index is -0.489. The number of carbonyl (C=O) groups is 1. The highest BCUT2D eigenvalue weighted by Crippen LogP contribution is 2.25. The fourth-order valence-electron chi connectivity index (χ4n) is 3.32. The van der Waals surface area contributed by atoms with Gasteiger partial charge in [0.25, 0.3) is 5.91 Å². The van der Waals surface area contributed by atoms with Gasteiger partial charge in [0, 0.05) is 41.1 Å². The first-order chi connectivity index (χ1) is 15.5. The van der Waals surface area contributed by atoms with Crippen LogP contribution in [0.4, 0.5) is 4.39 Å². The number of aromatic nitrogens is 2. The zero-order valence-corrected chi connectivity index (χ0v) is 19.3. The molecule has 3 N–H and O–H groups in total. The summed E-state index contributed by atoms with van der Waals surface area (Å²) in [6, 6.07) is 10.1. The number of guanidine groups is 1. The Morgan fingerprint density at radius 1 is 1.31 bits per heavy atom. The second kappa shape index (κ2) is 11.4. The van der Waals surface area contributed by atoms with Crippen LogP contribution in [0, 0.1) is 5.82 Å². The molecule has 0 bridgehead atoms. The first-order valence-corrected chi connectivity index (χ1v) is 10.9. The molecule has 168 valence electrons. The first-order valence-electron chi connectivity index (χ1n) is 10.1. The van der Waals surface area contributed by atoms with Gasteiger partial charge in [-0.05, 0) is 55.2 Å². The number of benzene rings is 2. The van der Waals surface area contributed by atoms with Crippen LogP contribution in [0.3, 0.4) is 0 Å². The fraction of sp³-hybridized carbons (Fsp3) is 0.261. The number of rotatable bonds is 9. The molecule has 0 aliphatic carbocycles. The van der Waals surface area contributed by atoms with Crippen LogP contribution in [0.5, 0.6) is 5.75 Å². The van der Waals surface area contributed by atoms with Crippen LogP contribution in [-0.4, -0.2) is 35.1 Å². The normalized spacial score (nSPS) is 11.4. The van der Waals surface area contributed by atoms with Gasteiger partial charge < -0.3 is 15.0 Å². The van der Waals surface area contributed by atoms with Gasteiger partial charge >= 0.3 is 0 Å². The molecule has 1 aromatic heterocycles. The number of methoxy groups -OCH3 is 1. The van der Waals surface area contributed by atoms with Gasteiger partial charge in [-0.15, -0.1) is 0 Å². The van der Waals surface area contributed by atoms with Gasteiger partial charge in [0.2, 0.25) is 0 Å². The molecule has 0 saturated carbocycles. The summed E-state index contributed by atoms with van der Waals surface area (Å²) in [7, 11) is 1.59.